The van der Waals surface area contributed by atoms with Gasteiger partial charge in [-0.3, -0.25) is 0 Å². The van der Waals surface area contributed by atoms with Crippen molar-refractivity contribution in [3.05, 3.63) is 30.3 Å². The lowest BCUT2D eigenvalue weighted by atomic mass is 10.3. The van der Waals surface area contributed by atoms with E-state index < -0.39 is 6.10 Å². The summed E-state index contributed by atoms with van der Waals surface area (Å²) in [5.74, 6) is 0.953. The molecule has 12 heavy (non-hydrogen) atoms. The molecule has 3 heteroatoms. The van der Waals surface area contributed by atoms with Gasteiger partial charge in [0.1, 0.15) is 18.5 Å². The Labute approximate surface area is 76.7 Å². The molecule has 1 aromatic rings. The zero-order chi connectivity index (χ0) is 8.81. The predicted molar refractivity (Wildman–Crippen MR) is 48.7 cm³/mol. The van der Waals surface area contributed by atoms with Crippen LogP contribution >= 0.6 is 11.6 Å². The summed E-state index contributed by atoms with van der Waals surface area (Å²) in [5.41, 5.74) is 0. The fraction of sp³-hybridized carbons (Fsp3) is 0.333. The molecule has 1 rings (SSSR count). The second kappa shape index (κ2) is 5.01. The molecule has 0 unspecified atom stereocenters. The standard InChI is InChI=1S/C9H11ClO2/c10-6-8(11)7-12-9-4-2-1-3-5-9/h1-5,8,11H,6-7H2/t8-/m0/s1. The van der Waals surface area contributed by atoms with Crippen LogP contribution < -0.4 is 4.74 Å². The first-order valence-electron chi connectivity index (χ1n) is 3.75. The van der Waals surface area contributed by atoms with E-state index in [9.17, 15) is 0 Å². The van der Waals surface area contributed by atoms with Crippen LogP contribution in [-0.2, 0) is 0 Å². The maximum absolute atomic E-state index is 9.06. The summed E-state index contributed by atoms with van der Waals surface area (Å²) in [5, 5.41) is 9.06. The zero-order valence-electron chi connectivity index (χ0n) is 6.61. The average Bonchev–Trinajstić information content (AvgIpc) is 2.16. The molecule has 1 N–H and O–H groups in total. The third kappa shape index (κ3) is 3.11. The van der Waals surface area contributed by atoms with Crippen LogP contribution in [0.5, 0.6) is 5.75 Å². The number of halogens is 1. The van der Waals surface area contributed by atoms with Crippen LogP contribution in [0.15, 0.2) is 30.3 Å². The average molecular weight is 187 g/mol. The lowest BCUT2D eigenvalue weighted by Gasteiger charge is -2.08. The van der Waals surface area contributed by atoms with Gasteiger partial charge >= 0.3 is 0 Å². The molecule has 0 saturated carbocycles. The highest BCUT2D eigenvalue weighted by Gasteiger charge is 2.01. The van der Waals surface area contributed by atoms with E-state index in [-0.39, 0.29) is 12.5 Å². The Morgan fingerprint density at radius 3 is 2.58 bits per heavy atom. The number of hydrogen-bond acceptors (Lipinski definition) is 2. The Balaban J connectivity index is 2.33. The Kier molecular flexibility index (Phi) is 3.91. The van der Waals surface area contributed by atoms with Crippen LogP contribution in [0.3, 0.4) is 0 Å². The van der Waals surface area contributed by atoms with Gasteiger partial charge in [-0.25, -0.2) is 0 Å². The minimum Gasteiger partial charge on any atom is -0.491 e. The van der Waals surface area contributed by atoms with Gasteiger partial charge < -0.3 is 9.84 Å². The van der Waals surface area contributed by atoms with Crippen LogP contribution in [0.4, 0.5) is 0 Å². The quantitative estimate of drug-likeness (QED) is 0.725. The molecular weight excluding hydrogens is 176 g/mol. The number of ether oxygens (including phenoxy) is 1. The third-order valence-electron chi connectivity index (χ3n) is 1.36. The van der Waals surface area contributed by atoms with Gasteiger partial charge in [0.2, 0.25) is 0 Å². The number of rotatable bonds is 4. The lowest BCUT2D eigenvalue weighted by molar-refractivity contribution is 0.125. The van der Waals surface area contributed by atoms with Crippen molar-refractivity contribution in [2.45, 2.75) is 6.10 Å². The lowest BCUT2D eigenvalue weighted by Crippen LogP contribution is -2.18. The van der Waals surface area contributed by atoms with Crippen molar-refractivity contribution < 1.29 is 9.84 Å². The summed E-state index contributed by atoms with van der Waals surface area (Å²) in [6.45, 7) is 0.244. The first-order valence-corrected chi connectivity index (χ1v) is 4.28. The van der Waals surface area contributed by atoms with E-state index in [4.69, 9.17) is 21.4 Å². The van der Waals surface area contributed by atoms with Gasteiger partial charge in [-0.15, -0.1) is 11.6 Å². The topological polar surface area (TPSA) is 29.5 Å². The highest BCUT2D eigenvalue weighted by Crippen LogP contribution is 2.08. The van der Waals surface area contributed by atoms with Crippen LogP contribution in [0.25, 0.3) is 0 Å². The number of aliphatic hydroxyl groups is 1. The molecule has 1 atom stereocenters. The van der Waals surface area contributed by atoms with E-state index in [0.717, 1.165) is 5.75 Å². The highest BCUT2D eigenvalue weighted by atomic mass is 35.5. The molecule has 66 valence electrons. The largest absolute Gasteiger partial charge is 0.491 e. The molecule has 2 nitrogen and oxygen atoms in total. The fourth-order valence-corrected chi connectivity index (χ4v) is 0.843. The summed E-state index contributed by atoms with van der Waals surface area (Å²) < 4.78 is 5.22. The molecule has 0 bridgehead atoms. The first-order chi connectivity index (χ1) is 5.83. The van der Waals surface area contributed by atoms with Gasteiger partial charge in [0.25, 0.3) is 0 Å². The van der Waals surface area contributed by atoms with Crippen molar-refractivity contribution in [1.82, 2.24) is 0 Å². The molecule has 0 aromatic heterocycles. The normalized spacial score (nSPS) is 12.5. The van der Waals surface area contributed by atoms with Gasteiger partial charge in [0, 0.05) is 0 Å². The molecule has 0 aliphatic heterocycles. The van der Waals surface area contributed by atoms with Crippen molar-refractivity contribution in [3.8, 4) is 5.75 Å². The van der Waals surface area contributed by atoms with Crippen LogP contribution in [0.2, 0.25) is 0 Å². The van der Waals surface area contributed by atoms with Crippen molar-refractivity contribution >= 4 is 11.6 Å². The van der Waals surface area contributed by atoms with E-state index in [2.05, 4.69) is 0 Å². The zero-order valence-corrected chi connectivity index (χ0v) is 7.37. The third-order valence-corrected chi connectivity index (χ3v) is 1.72. The molecule has 1 aromatic carbocycles. The van der Waals surface area contributed by atoms with E-state index in [1.54, 1.807) is 0 Å². The maximum Gasteiger partial charge on any atom is 0.119 e. The molecule has 0 spiro atoms. The van der Waals surface area contributed by atoms with E-state index >= 15 is 0 Å². The summed E-state index contributed by atoms with van der Waals surface area (Å²) in [4.78, 5) is 0. The smallest absolute Gasteiger partial charge is 0.119 e. The van der Waals surface area contributed by atoms with Gasteiger partial charge in [0.15, 0.2) is 0 Å². The van der Waals surface area contributed by atoms with Crippen molar-refractivity contribution in [3.63, 3.8) is 0 Å². The molecule has 0 saturated heterocycles. The Bertz CT molecular complexity index is 213. The summed E-state index contributed by atoms with van der Waals surface area (Å²) in [7, 11) is 0. The van der Waals surface area contributed by atoms with E-state index in [1.165, 1.54) is 0 Å². The van der Waals surface area contributed by atoms with Gasteiger partial charge in [0.05, 0.1) is 5.88 Å². The van der Waals surface area contributed by atoms with Crippen molar-refractivity contribution in [1.29, 1.82) is 0 Å². The number of alkyl halides is 1. The molecule has 0 fully saturated rings. The van der Waals surface area contributed by atoms with Crippen LogP contribution in [-0.4, -0.2) is 23.7 Å². The van der Waals surface area contributed by atoms with Crippen LogP contribution in [0, 0.1) is 0 Å². The second-order valence-corrected chi connectivity index (χ2v) is 2.74. The minimum absolute atomic E-state index is 0.201. The number of benzene rings is 1. The second-order valence-electron chi connectivity index (χ2n) is 2.43. The SMILES string of the molecule is O[C@@H](CCl)COc1ccccc1. The van der Waals surface area contributed by atoms with E-state index in [0.29, 0.717) is 0 Å². The summed E-state index contributed by atoms with van der Waals surface area (Å²) >= 11 is 5.39. The Morgan fingerprint density at radius 1 is 1.33 bits per heavy atom. The first kappa shape index (κ1) is 9.36. The molecule has 0 heterocycles. The molecule has 0 aliphatic rings. The monoisotopic (exact) mass is 186 g/mol. The maximum atomic E-state index is 9.06. The molecule has 0 radical (unpaired) electrons. The van der Waals surface area contributed by atoms with Gasteiger partial charge in [-0.2, -0.15) is 0 Å². The fourth-order valence-electron chi connectivity index (χ4n) is 0.754. The van der Waals surface area contributed by atoms with Crippen molar-refractivity contribution in [2.24, 2.45) is 0 Å². The minimum atomic E-state index is -0.591. The summed E-state index contributed by atoms with van der Waals surface area (Å²) in [6, 6.07) is 9.33. The highest BCUT2D eigenvalue weighted by molar-refractivity contribution is 6.18. The molecular formula is C9H11ClO2. The predicted octanol–water partition coefficient (Wildman–Crippen LogP) is 1.67. The Morgan fingerprint density at radius 2 is 2.00 bits per heavy atom. The Hall–Kier alpha value is -0.730. The van der Waals surface area contributed by atoms with Gasteiger partial charge in [-0.1, -0.05) is 18.2 Å². The van der Waals surface area contributed by atoms with Gasteiger partial charge in [-0.05, 0) is 12.1 Å². The van der Waals surface area contributed by atoms with Crippen LogP contribution in [0.1, 0.15) is 0 Å². The van der Waals surface area contributed by atoms with Crippen molar-refractivity contribution in [2.75, 3.05) is 12.5 Å². The number of aliphatic hydroxyl groups excluding tert-OH is 1. The number of para-hydroxylation sites is 1. The molecule has 0 aliphatic carbocycles. The summed E-state index contributed by atoms with van der Waals surface area (Å²) in [6.07, 6.45) is -0.591. The molecule has 0 amide bonds. The van der Waals surface area contributed by atoms with E-state index in [1.807, 2.05) is 30.3 Å². The number of hydrogen-bond donors (Lipinski definition) is 1.